The first-order valence-corrected chi connectivity index (χ1v) is 6.77. The van der Waals surface area contributed by atoms with Crippen molar-refractivity contribution in [2.24, 2.45) is 5.92 Å². The molecule has 0 amide bonds. The number of aromatic hydroxyl groups is 1. The van der Waals surface area contributed by atoms with Gasteiger partial charge in [0.05, 0.1) is 0 Å². The number of piperidine rings is 1. The summed E-state index contributed by atoms with van der Waals surface area (Å²) in [6, 6.07) is 6.44. The van der Waals surface area contributed by atoms with Gasteiger partial charge >= 0.3 is 0 Å². The lowest BCUT2D eigenvalue weighted by Gasteiger charge is -2.54. The van der Waals surface area contributed by atoms with Crippen molar-refractivity contribution < 1.29 is 5.11 Å². The monoisotopic (exact) mass is 243 g/mol. The lowest BCUT2D eigenvalue weighted by Crippen LogP contribution is -2.56. The van der Waals surface area contributed by atoms with Crippen molar-refractivity contribution in [3.05, 3.63) is 42.1 Å². The minimum atomic E-state index is 0.191. The summed E-state index contributed by atoms with van der Waals surface area (Å²) in [5.41, 5.74) is 2.94. The molecule has 2 aliphatic rings. The molecule has 1 aliphatic carbocycles. The Labute approximate surface area is 109 Å². The average molecular weight is 243 g/mol. The molecule has 1 aliphatic heterocycles. The molecule has 1 aromatic carbocycles. The van der Waals surface area contributed by atoms with Gasteiger partial charge in [0, 0.05) is 12.6 Å². The number of hydrogen-bond acceptors (Lipinski definition) is 2. The molecule has 0 aromatic heterocycles. The van der Waals surface area contributed by atoms with Crippen molar-refractivity contribution in [3.8, 4) is 5.75 Å². The zero-order valence-electron chi connectivity index (χ0n) is 11.2. The van der Waals surface area contributed by atoms with Crippen LogP contribution in [0.1, 0.15) is 31.4 Å². The summed E-state index contributed by atoms with van der Waals surface area (Å²) in [6.45, 7) is 9.71. The van der Waals surface area contributed by atoms with Crippen LogP contribution in [0.2, 0.25) is 0 Å². The maximum absolute atomic E-state index is 9.76. The topological polar surface area (TPSA) is 23.5 Å². The van der Waals surface area contributed by atoms with Gasteiger partial charge in [-0.2, -0.15) is 0 Å². The standard InChI is InChI=1S/C16H21NO/c1-4-17-8-7-16(3)11(2)15(17)9-12-5-6-13(18)10-14(12)16/h4-6,10-11,15,18H,1,7-9H2,2-3H3. The summed E-state index contributed by atoms with van der Waals surface area (Å²) in [5.74, 6) is 0.991. The highest BCUT2D eigenvalue weighted by molar-refractivity contribution is 5.44. The van der Waals surface area contributed by atoms with Gasteiger partial charge in [0.25, 0.3) is 0 Å². The van der Waals surface area contributed by atoms with Gasteiger partial charge in [-0.1, -0.05) is 26.5 Å². The Kier molecular flexibility index (Phi) is 2.44. The quantitative estimate of drug-likeness (QED) is 0.819. The van der Waals surface area contributed by atoms with Crippen LogP contribution in [0.4, 0.5) is 0 Å². The molecule has 1 aromatic rings. The summed E-state index contributed by atoms with van der Waals surface area (Å²) >= 11 is 0. The number of nitrogens with zero attached hydrogens (tertiary/aromatic N) is 1. The van der Waals surface area contributed by atoms with E-state index in [0.29, 0.717) is 17.7 Å². The average Bonchev–Trinajstić information content (AvgIpc) is 2.35. The smallest absolute Gasteiger partial charge is 0.115 e. The van der Waals surface area contributed by atoms with Gasteiger partial charge in [-0.3, -0.25) is 0 Å². The second-order valence-corrected chi connectivity index (χ2v) is 5.99. The van der Waals surface area contributed by atoms with Crippen LogP contribution in [0, 0.1) is 5.92 Å². The molecule has 3 rings (SSSR count). The molecule has 2 bridgehead atoms. The van der Waals surface area contributed by atoms with Gasteiger partial charge in [-0.15, -0.1) is 0 Å². The lowest BCUT2D eigenvalue weighted by molar-refractivity contribution is 0.0658. The molecule has 0 saturated carbocycles. The number of phenolic OH excluding ortho intramolecular Hbond substituents is 1. The summed E-state index contributed by atoms with van der Waals surface area (Å²) in [4.78, 5) is 2.39. The maximum Gasteiger partial charge on any atom is 0.115 e. The van der Waals surface area contributed by atoms with Gasteiger partial charge < -0.3 is 10.0 Å². The zero-order valence-corrected chi connectivity index (χ0v) is 11.2. The second-order valence-electron chi connectivity index (χ2n) is 5.99. The van der Waals surface area contributed by atoms with Crippen LogP contribution in [0.25, 0.3) is 0 Å². The van der Waals surface area contributed by atoms with Crippen LogP contribution < -0.4 is 0 Å². The Morgan fingerprint density at radius 2 is 2.28 bits per heavy atom. The predicted molar refractivity (Wildman–Crippen MR) is 73.6 cm³/mol. The van der Waals surface area contributed by atoms with Crippen molar-refractivity contribution in [2.45, 2.75) is 38.1 Å². The van der Waals surface area contributed by atoms with Crippen LogP contribution in [0.3, 0.4) is 0 Å². The van der Waals surface area contributed by atoms with Gasteiger partial charge in [0.15, 0.2) is 0 Å². The van der Waals surface area contributed by atoms with Gasteiger partial charge in [0.1, 0.15) is 5.75 Å². The Bertz CT molecular complexity index is 496. The van der Waals surface area contributed by atoms with E-state index in [-0.39, 0.29) is 5.41 Å². The highest BCUT2D eigenvalue weighted by atomic mass is 16.3. The molecule has 18 heavy (non-hydrogen) atoms. The molecule has 1 heterocycles. The first kappa shape index (κ1) is 11.6. The number of likely N-dealkylation sites (tertiary alicyclic amines) is 1. The Morgan fingerprint density at radius 1 is 1.50 bits per heavy atom. The highest BCUT2D eigenvalue weighted by Crippen LogP contribution is 2.49. The Morgan fingerprint density at radius 3 is 3.00 bits per heavy atom. The van der Waals surface area contributed by atoms with Crippen LogP contribution in [0.15, 0.2) is 31.0 Å². The summed E-state index contributed by atoms with van der Waals surface area (Å²) < 4.78 is 0. The maximum atomic E-state index is 9.76. The Hall–Kier alpha value is -1.44. The van der Waals surface area contributed by atoms with E-state index < -0.39 is 0 Å². The summed E-state index contributed by atoms with van der Waals surface area (Å²) in [5, 5.41) is 9.76. The molecule has 2 heteroatoms. The van der Waals surface area contributed by atoms with E-state index in [1.807, 2.05) is 18.3 Å². The highest BCUT2D eigenvalue weighted by Gasteiger charge is 2.47. The molecule has 0 radical (unpaired) electrons. The molecule has 3 atom stereocenters. The fourth-order valence-corrected chi connectivity index (χ4v) is 3.87. The van der Waals surface area contributed by atoms with E-state index in [1.54, 1.807) is 0 Å². The largest absolute Gasteiger partial charge is 0.508 e. The first-order valence-electron chi connectivity index (χ1n) is 6.77. The van der Waals surface area contributed by atoms with Crippen LogP contribution in [0.5, 0.6) is 5.75 Å². The van der Waals surface area contributed by atoms with E-state index in [4.69, 9.17) is 0 Å². The number of rotatable bonds is 1. The van der Waals surface area contributed by atoms with Gasteiger partial charge in [-0.05, 0) is 53.6 Å². The fraction of sp³-hybridized carbons (Fsp3) is 0.500. The molecule has 1 N–H and O–H groups in total. The molecular formula is C16H21NO. The third-order valence-electron chi connectivity index (χ3n) is 5.27. The van der Waals surface area contributed by atoms with Crippen LogP contribution >= 0.6 is 0 Å². The number of benzene rings is 1. The van der Waals surface area contributed by atoms with E-state index in [0.717, 1.165) is 19.4 Å². The summed E-state index contributed by atoms with van der Waals surface area (Å²) in [7, 11) is 0. The number of hydrogen-bond donors (Lipinski definition) is 1. The molecule has 3 unspecified atom stereocenters. The lowest BCUT2D eigenvalue weighted by atomic mass is 9.59. The van der Waals surface area contributed by atoms with Crippen LogP contribution in [-0.2, 0) is 11.8 Å². The van der Waals surface area contributed by atoms with Crippen molar-refractivity contribution >= 4 is 0 Å². The van der Waals surface area contributed by atoms with Gasteiger partial charge in [0.2, 0.25) is 0 Å². The molecule has 0 spiro atoms. The summed E-state index contributed by atoms with van der Waals surface area (Å²) in [6.07, 6.45) is 4.19. The van der Waals surface area contributed by atoms with Crippen molar-refractivity contribution in [1.82, 2.24) is 4.90 Å². The second kappa shape index (κ2) is 3.78. The van der Waals surface area contributed by atoms with E-state index in [2.05, 4.69) is 31.4 Å². The molecule has 1 saturated heterocycles. The minimum Gasteiger partial charge on any atom is -0.508 e. The molecular weight excluding hydrogens is 222 g/mol. The third-order valence-corrected chi connectivity index (χ3v) is 5.27. The number of phenols is 1. The van der Waals surface area contributed by atoms with E-state index in [9.17, 15) is 5.11 Å². The SMILES string of the molecule is C=CN1CCC2(C)c3cc(O)ccc3CC1C2C. The minimum absolute atomic E-state index is 0.191. The van der Waals surface area contributed by atoms with Crippen molar-refractivity contribution in [1.29, 1.82) is 0 Å². The normalized spacial score (nSPS) is 34.0. The van der Waals surface area contributed by atoms with Gasteiger partial charge in [-0.25, -0.2) is 0 Å². The van der Waals surface area contributed by atoms with E-state index in [1.165, 1.54) is 11.1 Å². The molecule has 2 nitrogen and oxygen atoms in total. The molecule has 1 fully saturated rings. The van der Waals surface area contributed by atoms with E-state index >= 15 is 0 Å². The molecule has 96 valence electrons. The zero-order chi connectivity index (χ0) is 12.9. The third kappa shape index (κ3) is 1.41. The van der Waals surface area contributed by atoms with Crippen molar-refractivity contribution in [3.63, 3.8) is 0 Å². The first-order chi connectivity index (χ1) is 8.56. The fourth-order valence-electron chi connectivity index (χ4n) is 3.87. The van der Waals surface area contributed by atoms with Crippen molar-refractivity contribution in [2.75, 3.05) is 6.54 Å². The predicted octanol–water partition coefficient (Wildman–Crippen LogP) is 3.06. The van der Waals surface area contributed by atoms with Crippen LogP contribution in [-0.4, -0.2) is 22.6 Å². The Balaban J connectivity index is 2.13. The number of fused-ring (bicyclic) bond motifs is 4.